The van der Waals surface area contributed by atoms with E-state index in [4.69, 9.17) is 5.11 Å². The van der Waals surface area contributed by atoms with Gasteiger partial charge < -0.3 is 5.11 Å². The Morgan fingerprint density at radius 2 is 2.06 bits per heavy atom. The molecule has 16 heavy (non-hydrogen) atoms. The number of ketones is 1. The Kier molecular flexibility index (Phi) is 4.93. The number of aliphatic carboxylic acids is 1. The quantitative estimate of drug-likeness (QED) is 0.794. The van der Waals surface area contributed by atoms with E-state index in [2.05, 4.69) is 0 Å². The fourth-order valence-electron chi connectivity index (χ4n) is 2.40. The summed E-state index contributed by atoms with van der Waals surface area (Å²) in [7, 11) is 0. The molecule has 1 fully saturated rings. The van der Waals surface area contributed by atoms with E-state index in [-0.39, 0.29) is 11.8 Å². The van der Waals surface area contributed by atoms with Crippen LogP contribution < -0.4 is 0 Å². The van der Waals surface area contributed by atoms with E-state index >= 15 is 0 Å². The van der Waals surface area contributed by atoms with Crippen molar-refractivity contribution < 1.29 is 14.7 Å². The highest BCUT2D eigenvalue weighted by Crippen LogP contribution is 2.21. The maximum absolute atomic E-state index is 11.2. The predicted molar refractivity (Wildman–Crippen MR) is 61.4 cm³/mol. The maximum Gasteiger partial charge on any atom is 0.320 e. The van der Waals surface area contributed by atoms with Crippen molar-refractivity contribution in [1.29, 1.82) is 0 Å². The number of likely N-dealkylation sites (tertiary alicyclic amines) is 1. The normalized spacial score (nSPS) is 24.8. The van der Waals surface area contributed by atoms with Gasteiger partial charge in [0.2, 0.25) is 0 Å². The van der Waals surface area contributed by atoms with Gasteiger partial charge in [0.1, 0.15) is 11.8 Å². The number of rotatable bonds is 4. The van der Waals surface area contributed by atoms with Crippen molar-refractivity contribution in [2.45, 2.75) is 58.0 Å². The second kappa shape index (κ2) is 5.99. The summed E-state index contributed by atoms with van der Waals surface area (Å²) in [6.07, 6.45) is 4.69. The van der Waals surface area contributed by atoms with Gasteiger partial charge in [-0.05, 0) is 33.2 Å². The van der Waals surface area contributed by atoms with E-state index in [1.165, 1.54) is 0 Å². The first kappa shape index (κ1) is 13.2. The van der Waals surface area contributed by atoms with Gasteiger partial charge in [-0.3, -0.25) is 14.5 Å². The molecule has 1 saturated heterocycles. The maximum atomic E-state index is 11.2. The second-order valence-corrected chi connectivity index (χ2v) is 4.66. The number of carbonyl (C=O) groups excluding carboxylic acids is 1. The molecule has 2 atom stereocenters. The second-order valence-electron chi connectivity index (χ2n) is 4.66. The molecular weight excluding hydrogens is 206 g/mol. The van der Waals surface area contributed by atoms with Gasteiger partial charge in [-0.15, -0.1) is 0 Å². The van der Waals surface area contributed by atoms with Crippen LogP contribution in [0.15, 0.2) is 0 Å². The van der Waals surface area contributed by atoms with Crippen molar-refractivity contribution in [2.75, 3.05) is 6.54 Å². The van der Waals surface area contributed by atoms with Crippen LogP contribution >= 0.6 is 0 Å². The third-order valence-electron chi connectivity index (χ3n) is 3.30. The smallest absolute Gasteiger partial charge is 0.320 e. The van der Waals surface area contributed by atoms with Crippen LogP contribution in [-0.2, 0) is 9.59 Å². The van der Waals surface area contributed by atoms with Crippen LogP contribution in [0.4, 0.5) is 0 Å². The summed E-state index contributed by atoms with van der Waals surface area (Å²) in [5, 5.41) is 9.05. The largest absolute Gasteiger partial charge is 0.480 e. The summed E-state index contributed by atoms with van der Waals surface area (Å²) < 4.78 is 0. The van der Waals surface area contributed by atoms with Crippen LogP contribution in [-0.4, -0.2) is 40.4 Å². The van der Waals surface area contributed by atoms with Crippen LogP contribution in [0.1, 0.15) is 46.0 Å². The number of Topliss-reactive ketones (excluding diaryl/α,β-unsaturated/α-hetero) is 1. The molecule has 1 rings (SSSR count). The average molecular weight is 227 g/mol. The van der Waals surface area contributed by atoms with E-state index in [1.54, 1.807) is 13.8 Å². The van der Waals surface area contributed by atoms with Crippen LogP contribution in [0.2, 0.25) is 0 Å². The van der Waals surface area contributed by atoms with Gasteiger partial charge in [-0.2, -0.15) is 0 Å². The fourth-order valence-corrected chi connectivity index (χ4v) is 2.40. The summed E-state index contributed by atoms with van der Waals surface area (Å²) in [5.41, 5.74) is 0. The number of carbonyl (C=O) groups is 2. The van der Waals surface area contributed by atoms with Crippen LogP contribution in [0.25, 0.3) is 0 Å². The molecule has 92 valence electrons. The minimum Gasteiger partial charge on any atom is -0.480 e. The third-order valence-corrected chi connectivity index (χ3v) is 3.30. The van der Waals surface area contributed by atoms with Crippen LogP contribution in [0, 0.1) is 0 Å². The molecule has 4 nitrogen and oxygen atoms in total. The molecule has 1 heterocycles. The molecular formula is C12H21NO3. The summed E-state index contributed by atoms with van der Waals surface area (Å²) in [5.74, 6) is -0.648. The van der Waals surface area contributed by atoms with E-state index in [0.717, 1.165) is 32.2 Å². The minimum atomic E-state index is -0.796. The topological polar surface area (TPSA) is 57.6 Å². The van der Waals surface area contributed by atoms with Crippen molar-refractivity contribution in [1.82, 2.24) is 4.90 Å². The number of nitrogens with zero attached hydrogens (tertiary/aromatic N) is 1. The molecule has 1 N–H and O–H groups in total. The van der Waals surface area contributed by atoms with E-state index in [1.807, 2.05) is 4.90 Å². The standard InChI is InChI=1S/C12H21NO3/c1-9(14)8-11-6-4-3-5-7-13(11)10(2)12(15)16/h10-11H,3-8H2,1-2H3,(H,15,16). The summed E-state index contributed by atoms with van der Waals surface area (Å²) in [6.45, 7) is 4.08. The zero-order valence-electron chi connectivity index (χ0n) is 10.1. The molecule has 0 aromatic rings. The molecule has 4 heteroatoms. The van der Waals surface area contributed by atoms with Crippen molar-refractivity contribution in [3.05, 3.63) is 0 Å². The van der Waals surface area contributed by atoms with Crippen LogP contribution in [0.5, 0.6) is 0 Å². The number of carboxylic acids is 1. The Morgan fingerprint density at radius 1 is 1.38 bits per heavy atom. The molecule has 1 aliphatic heterocycles. The zero-order chi connectivity index (χ0) is 12.1. The number of carboxylic acid groups (broad SMARTS) is 1. The van der Waals surface area contributed by atoms with E-state index in [0.29, 0.717) is 6.42 Å². The van der Waals surface area contributed by atoms with Crippen LogP contribution in [0.3, 0.4) is 0 Å². The first-order valence-corrected chi connectivity index (χ1v) is 6.00. The Hall–Kier alpha value is -0.900. The molecule has 0 aromatic carbocycles. The molecule has 0 amide bonds. The Bertz CT molecular complexity index is 265. The molecule has 0 saturated carbocycles. The van der Waals surface area contributed by atoms with Crippen molar-refractivity contribution in [3.63, 3.8) is 0 Å². The molecule has 0 radical (unpaired) electrons. The highest BCUT2D eigenvalue weighted by molar-refractivity contribution is 5.76. The lowest BCUT2D eigenvalue weighted by molar-refractivity contribution is -0.144. The van der Waals surface area contributed by atoms with E-state index in [9.17, 15) is 9.59 Å². The number of hydrogen-bond acceptors (Lipinski definition) is 3. The highest BCUT2D eigenvalue weighted by atomic mass is 16.4. The van der Waals surface area contributed by atoms with Gasteiger partial charge in [-0.1, -0.05) is 12.8 Å². The first-order valence-electron chi connectivity index (χ1n) is 6.00. The summed E-state index contributed by atoms with van der Waals surface area (Å²) in [6, 6.07) is -0.367. The third kappa shape index (κ3) is 3.59. The Labute approximate surface area is 96.6 Å². The van der Waals surface area contributed by atoms with Gasteiger partial charge in [0.25, 0.3) is 0 Å². The monoisotopic (exact) mass is 227 g/mol. The van der Waals surface area contributed by atoms with Gasteiger partial charge in [0, 0.05) is 12.5 Å². The first-order chi connectivity index (χ1) is 7.52. The molecule has 0 bridgehead atoms. The Morgan fingerprint density at radius 3 is 2.62 bits per heavy atom. The van der Waals surface area contributed by atoms with Gasteiger partial charge in [0.15, 0.2) is 0 Å². The molecule has 0 aliphatic carbocycles. The molecule has 0 aromatic heterocycles. The lowest BCUT2D eigenvalue weighted by Gasteiger charge is -2.32. The molecule has 0 spiro atoms. The predicted octanol–water partition coefficient (Wildman–Crippen LogP) is 1.68. The molecule has 1 aliphatic rings. The summed E-state index contributed by atoms with van der Waals surface area (Å²) >= 11 is 0. The highest BCUT2D eigenvalue weighted by Gasteiger charge is 2.29. The number of hydrogen-bond donors (Lipinski definition) is 1. The van der Waals surface area contributed by atoms with Gasteiger partial charge in [-0.25, -0.2) is 0 Å². The lowest BCUT2D eigenvalue weighted by Crippen LogP contribution is -2.46. The van der Waals surface area contributed by atoms with Gasteiger partial charge in [0.05, 0.1) is 0 Å². The van der Waals surface area contributed by atoms with Gasteiger partial charge >= 0.3 is 5.97 Å². The summed E-state index contributed by atoms with van der Waals surface area (Å²) in [4.78, 5) is 24.2. The zero-order valence-corrected chi connectivity index (χ0v) is 10.1. The Balaban J connectivity index is 2.72. The fraction of sp³-hybridized carbons (Fsp3) is 0.833. The van der Waals surface area contributed by atoms with Crippen molar-refractivity contribution in [3.8, 4) is 0 Å². The SMILES string of the molecule is CC(=O)CC1CCCCCN1C(C)C(=O)O. The van der Waals surface area contributed by atoms with E-state index < -0.39 is 12.0 Å². The van der Waals surface area contributed by atoms with Crippen molar-refractivity contribution in [2.24, 2.45) is 0 Å². The average Bonchev–Trinajstić information content (AvgIpc) is 2.41. The van der Waals surface area contributed by atoms with Crippen molar-refractivity contribution >= 4 is 11.8 Å². The molecule has 2 unspecified atom stereocenters. The lowest BCUT2D eigenvalue weighted by atomic mass is 10.0. The minimum absolute atomic E-state index is 0.117.